The van der Waals surface area contributed by atoms with Gasteiger partial charge in [0.2, 0.25) is 6.79 Å². The molecular formula is C18H19N3O2. The first-order chi connectivity index (χ1) is 11.2. The second-order valence-electron chi connectivity index (χ2n) is 5.99. The number of guanidine groups is 1. The molecule has 5 heteroatoms. The number of fused-ring (bicyclic) bond motifs is 1. The second kappa shape index (κ2) is 5.50. The Bertz CT molecular complexity index is 755. The summed E-state index contributed by atoms with van der Waals surface area (Å²) in [4.78, 5) is 4.56. The van der Waals surface area contributed by atoms with Gasteiger partial charge in [0.1, 0.15) is 0 Å². The van der Waals surface area contributed by atoms with Crippen LogP contribution in [0.15, 0.2) is 47.5 Å². The van der Waals surface area contributed by atoms with Crippen LogP contribution >= 0.6 is 0 Å². The molecule has 0 amide bonds. The van der Waals surface area contributed by atoms with Gasteiger partial charge in [-0.1, -0.05) is 35.9 Å². The summed E-state index contributed by atoms with van der Waals surface area (Å²) in [7, 11) is 0. The molecule has 2 aliphatic rings. The summed E-state index contributed by atoms with van der Waals surface area (Å²) in [6.07, 6.45) is 0.851. The number of rotatable bonds is 2. The molecule has 2 aromatic carbocycles. The average Bonchev–Trinajstić information content (AvgIpc) is 3.02. The lowest BCUT2D eigenvalue weighted by Gasteiger charge is -2.29. The zero-order valence-electron chi connectivity index (χ0n) is 13.0. The van der Waals surface area contributed by atoms with Gasteiger partial charge in [-0.05, 0) is 36.6 Å². The highest BCUT2D eigenvalue weighted by molar-refractivity contribution is 5.79. The van der Waals surface area contributed by atoms with E-state index in [0.29, 0.717) is 5.96 Å². The molecule has 0 saturated heterocycles. The Labute approximate surface area is 135 Å². The van der Waals surface area contributed by atoms with E-state index in [1.165, 1.54) is 11.1 Å². The van der Waals surface area contributed by atoms with Crippen LogP contribution in [0.4, 0.5) is 0 Å². The number of benzene rings is 2. The van der Waals surface area contributed by atoms with Crippen LogP contribution in [-0.2, 0) is 0 Å². The second-order valence-corrected chi connectivity index (χ2v) is 5.99. The average molecular weight is 309 g/mol. The number of nitrogens with zero attached hydrogens (tertiary/aromatic N) is 1. The van der Waals surface area contributed by atoms with Gasteiger partial charge in [-0.15, -0.1) is 0 Å². The lowest BCUT2D eigenvalue weighted by molar-refractivity contribution is 0.174. The molecule has 118 valence electrons. The van der Waals surface area contributed by atoms with E-state index < -0.39 is 0 Å². The van der Waals surface area contributed by atoms with Gasteiger partial charge < -0.3 is 20.5 Å². The van der Waals surface area contributed by atoms with Crippen LogP contribution in [0.1, 0.15) is 35.2 Å². The molecule has 23 heavy (non-hydrogen) atoms. The molecule has 0 fully saturated rings. The number of hydrogen-bond acceptors (Lipinski definition) is 5. The van der Waals surface area contributed by atoms with Crippen molar-refractivity contribution >= 4 is 5.96 Å². The summed E-state index contributed by atoms with van der Waals surface area (Å²) in [6.45, 7) is 2.37. The summed E-state index contributed by atoms with van der Waals surface area (Å²) in [6, 6.07) is 14.7. The van der Waals surface area contributed by atoms with Crippen molar-refractivity contribution in [3.8, 4) is 11.5 Å². The maximum Gasteiger partial charge on any atom is 0.231 e. The van der Waals surface area contributed by atoms with Crippen molar-refractivity contribution in [1.29, 1.82) is 0 Å². The van der Waals surface area contributed by atoms with E-state index in [9.17, 15) is 0 Å². The molecule has 3 N–H and O–H groups in total. The molecule has 5 nitrogen and oxygen atoms in total. The Balaban J connectivity index is 1.61. The van der Waals surface area contributed by atoms with E-state index in [1.54, 1.807) is 0 Å². The van der Waals surface area contributed by atoms with Crippen molar-refractivity contribution in [3.63, 3.8) is 0 Å². The zero-order chi connectivity index (χ0) is 15.8. The fraction of sp³-hybridized carbons (Fsp3) is 0.278. The van der Waals surface area contributed by atoms with E-state index in [4.69, 9.17) is 15.2 Å². The summed E-state index contributed by atoms with van der Waals surface area (Å²) in [5.41, 5.74) is 9.58. The molecule has 2 aliphatic heterocycles. The summed E-state index contributed by atoms with van der Waals surface area (Å²) >= 11 is 0. The quantitative estimate of drug-likeness (QED) is 0.895. The van der Waals surface area contributed by atoms with Gasteiger partial charge in [-0.2, -0.15) is 0 Å². The van der Waals surface area contributed by atoms with E-state index in [2.05, 4.69) is 41.5 Å². The lowest BCUT2D eigenvalue weighted by Crippen LogP contribution is -2.39. The SMILES string of the molecule is Cc1ccc(C2CC(c3ccc4c(c3)OCO4)N=C(N)N2)cc1. The first-order valence-electron chi connectivity index (χ1n) is 7.75. The Hall–Kier alpha value is -2.69. The Morgan fingerprint density at radius 1 is 1.04 bits per heavy atom. The molecule has 0 spiro atoms. The summed E-state index contributed by atoms with van der Waals surface area (Å²) < 4.78 is 10.8. The smallest absolute Gasteiger partial charge is 0.231 e. The molecular weight excluding hydrogens is 290 g/mol. The third-order valence-corrected chi connectivity index (χ3v) is 4.34. The van der Waals surface area contributed by atoms with Crippen LogP contribution in [0.3, 0.4) is 0 Å². The standard InChI is InChI=1S/C18H19N3O2/c1-11-2-4-12(5-3-11)14-9-15(21-18(19)20-14)13-6-7-16-17(8-13)23-10-22-16/h2-8,14-15H,9-10H2,1H3,(H3,19,20,21). The van der Waals surface area contributed by atoms with E-state index in [0.717, 1.165) is 23.5 Å². The van der Waals surface area contributed by atoms with Gasteiger partial charge in [0.05, 0.1) is 12.1 Å². The highest BCUT2D eigenvalue weighted by Gasteiger charge is 2.26. The zero-order valence-corrected chi connectivity index (χ0v) is 13.0. The molecule has 0 radical (unpaired) electrons. The normalized spacial score (nSPS) is 22.4. The molecule has 0 bridgehead atoms. The van der Waals surface area contributed by atoms with Crippen molar-refractivity contribution in [2.75, 3.05) is 6.79 Å². The Morgan fingerprint density at radius 2 is 1.78 bits per heavy atom. The molecule has 0 aliphatic carbocycles. The van der Waals surface area contributed by atoms with Crippen LogP contribution < -0.4 is 20.5 Å². The fourth-order valence-electron chi connectivity index (χ4n) is 3.07. The van der Waals surface area contributed by atoms with E-state index in [1.807, 2.05) is 18.2 Å². The van der Waals surface area contributed by atoms with Gasteiger partial charge in [-0.25, -0.2) is 4.99 Å². The van der Waals surface area contributed by atoms with Gasteiger partial charge >= 0.3 is 0 Å². The van der Waals surface area contributed by atoms with Crippen molar-refractivity contribution < 1.29 is 9.47 Å². The molecule has 2 aromatic rings. The van der Waals surface area contributed by atoms with Crippen LogP contribution in [0.25, 0.3) is 0 Å². The maximum absolute atomic E-state index is 6.02. The van der Waals surface area contributed by atoms with Crippen molar-refractivity contribution in [2.24, 2.45) is 10.7 Å². The van der Waals surface area contributed by atoms with Gasteiger partial charge in [0, 0.05) is 0 Å². The van der Waals surface area contributed by atoms with Gasteiger partial charge in [0.25, 0.3) is 0 Å². The van der Waals surface area contributed by atoms with Crippen LogP contribution in [0.2, 0.25) is 0 Å². The fourth-order valence-corrected chi connectivity index (χ4v) is 3.07. The highest BCUT2D eigenvalue weighted by atomic mass is 16.7. The Morgan fingerprint density at radius 3 is 2.61 bits per heavy atom. The number of nitrogens with one attached hydrogen (secondary N) is 1. The largest absolute Gasteiger partial charge is 0.454 e. The molecule has 2 atom stereocenters. The predicted molar refractivity (Wildman–Crippen MR) is 88.6 cm³/mol. The van der Waals surface area contributed by atoms with Gasteiger partial charge in [-0.3, -0.25) is 0 Å². The van der Waals surface area contributed by atoms with Crippen molar-refractivity contribution in [2.45, 2.75) is 25.4 Å². The minimum atomic E-state index is 0.0112. The third-order valence-electron chi connectivity index (χ3n) is 4.34. The number of nitrogens with two attached hydrogens (primary N) is 1. The van der Waals surface area contributed by atoms with Crippen molar-refractivity contribution in [1.82, 2.24) is 5.32 Å². The topological polar surface area (TPSA) is 68.9 Å². The molecule has 0 saturated carbocycles. The molecule has 2 heterocycles. The van der Waals surface area contributed by atoms with E-state index >= 15 is 0 Å². The lowest BCUT2D eigenvalue weighted by atomic mass is 9.93. The van der Waals surface area contributed by atoms with Crippen LogP contribution in [-0.4, -0.2) is 12.8 Å². The minimum Gasteiger partial charge on any atom is -0.454 e. The maximum atomic E-state index is 6.02. The molecule has 0 aromatic heterocycles. The number of aryl methyl sites for hydroxylation is 1. The molecule has 4 rings (SSSR count). The molecule has 2 unspecified atom stereocenters. The number of hydrogen-bond donors (Lipinski definition) is 2. The van der Waals surface area contributed by atoms with E-state index in [-0.39, 0.29) is 18.9 Å². The predicted octanol–water partition coefficient (Wildman–Crippen LogP) is 2.81. The minimum absolute atomic E-state index is 0.0112. The number of aliphatic imine (C=N–C) groups is 1. The van der Waals surface area contributed by atoms with Crippen molar-refractivity contribution in [3.05, 3.63) is 59.2 Å². The summed E-state index contributed by atoms with van der Waals surface area (Å²) in [5, 5.41) is 3.28. The first-order valence-corrected chi connectivity index (χ1v) is 7.75. The third kappa shape index (κ3) is 2.70. The number of ether oxygens (including phenoxy) is 2. The van der Waals surface area contributed by atoms with Crippen LogP contribution in [0.5, 0.6) is 11.5 Å². The monoisotopic (exact) mass is 309 g/mol. The Kier molecular flexibility index (Phi) is 3.33. The van der Waals surface area contributed by atoms with Gasteiger partial charge in [0.15, 0.2) is 17.5 Å². The summed E-state index contributed by atoms with van der Waals surface area (Å²) in [5.74, 6) is 2.04. The first kappa shape index (κ1) is 13.9. The highest BCUT2D eigenvalue weighted by Crippen LogP contribution is 2.38. The van der Waals surface area contributed by atoms with Crippen LogP contribution in [0, 0.1) is 6.92 Å².